The number of rotatable bonds is 5. The van der Waals surface area contributed by atoms with Gasteiger partial charge in [0.1, 0.15) is 0 Å². The van der Waals surface area contributed by atoms with Crippen molar-refractivity contribution < 1.29 is 9.53 Å². The molecular formula is C18H25ClN2O2. The van der Waals surface area contributed by atoms with E-state index < -0.39 is 5.41 Å². The van der Waals surface area contributed by atoms with Crippen molar-refractivity contribution in [3.8, 4) is 0 Å². The Kier molecular flexibility index (Phi) is 4.95. The van der Waals surface area contributed by atoms with Gasteiger partial charge in [0.05, 0.1) is 5.41 Å². The minimum atomic E-state index is -0.455. The molecule has 23 heavy (non-hydrogen) atoms. The topological polar surface area (TPSA) is 64.4 Å². The van der Waals surface area contributed by atoms with Gasteiger partial charge < -0.3 is 15.8 Å². The molecule has 1 aliphatic heterocycles. The minimum absolute atomic E-state index is 0.0568. The third-order valence-corrected chi connectivity index (χ3v) is 5.93. The van der Waals surface area contributed by atoms with E-state index in [2.05, 4.69) is 17.4 Å². The molecule has 0 atom stereocenters. The molecule has 5 heteroatoms. The van der Waals surface area contributed by atoms with Gasteiger partial charge in [0.2, 0.25) is 5.91 Å². The van der Waals surface area contributed by atoms with E-state index in [-0.39, 0.29) is 11.3 Å². The second-order valence-electron chi connectivity index (χ2n) is 6.92. The fourth-order valence-corrected chi connectivity index (χ4v) is 3.82. The molecule has 2 aliphatic rings. The lowest BCUT2D eigenvalue weighted by Crippen LogP contribution is -2.53. The zero-order chi connectivity index (χ0) is 16.3. The molecule has 1 aliphatic carbocycles. The lowest BCUT2D eigenvalue weighted by atomic mass is 9.64. The Balaban J connectivity index is 1.68. The van der Waals surface area contributed by atoms with Crippen LogP contribution >= 0.6 is 11.6 Å². The van der Waals surface area contributed by atoms with Crippen molar-refractivity contribution in [3.63, 3.8) is 0 Å². The highest BCUT2D eigenvalue weighted by Crippen LogP contribution is 2.43. The first-order valence-corrected chi connectivity index (χ1v) is 8.80. The predicted molar refractivity (Wildman–Crippen MR) is 91.5 cm³/mol. The van der Waals surface area contributed by atoms with Crippen molar-refractivity contribution in [2.75, 3.05) is 26.3 Å². The van der Waals surface area contributed by atoms with Crippen LogP contribution in [0.5, 0.6) is 0 Å². The van der Waals surface area contributed by atoms with E-state index in [0.717, 1.165) is 17.9 Å². The summed E-state index contributed by atoms with van der Waals surface area (Å²) in [4.78, 5) is 12.8. The standard InChI is InChI=1S/C18H25ClN2O2/c19-15-4-2-14(3-5-15)18(6-1-7-18)13-21-16(22)17(12-20)8-10-23-11-9-17/h2-5H,1,6-13,20H2,(H,21,22). The largest absolute Gasteiger partial charge is 0.381 e. The first-order valence-electron chi connectivity index (χ1n) is 8.42. The Morgan fingerprint density at radius 2 is 1.83 bits per heavy atom. The molecule has 3 rings (SSSR count). The summed E-state index contributed by atoms with van der Waals surface area (Å²) in [5, 5.41) is 3.94. The Morgan fingerprint density at radius 1 is 1.17 bits per heavy atom. The number of ether oxygens (including phenoxy) is 1. The highest BCUT2D eigenvalue weighted by Gasteiger charge is 2.42. The van der Waals surface area contributed by atoms with Crippen LogP contribution in [-0.4, -0.2) is 32.2 Å². The molecule has 3 N–H and O–H groups in total. The van der Waals surface area contributed by atoms with E-state index >= 15 is 0 Å². The summed E-state index contributed by atoms with van der Waals surface area (Å²) in [6.07, 6.45) is 4.84. The summed E-state index contributed by atoms with van der Waals surface area (Å²) in [5.41, 5.74) is 6.79. The lowest BCUT2D eigenvalue weighted by Gasteiger charge is -2.44. The van der Waals surface area contributed by atoms with Gasteiger partial charge >= 0.3 is 0 Å². The van der Waals surface area contributed by atoms with Crippen LogP contribution in [-0.2, 0) is 14.9 Å². The normalized spacial score (nSPS) is 22.2. The van der Waals surface area contributed by atoms with Crippen molar-refractivity contribution in [1.29, 1.82) is 0 Å². The minimum Gasteiger partial charge on any atom is -0.381 e. The van der Waals surface area contributed by atoms with Gasteiger partial charge in [-0.15, -0.1) is 0 Å². The zero-order valence-electron chi connectivity index (χ0n) is 13.4. The van der Waals surface area contributed by atoms with Gasteiger partial charge in [-0.25, -0.2) is 0 Å². The van der Waals surface area contributed by atoms with E-state index in [9.17, 15) is 4.79 Å². The number of carbonyl (C=O) groups excluding carboxylic acids is 1. The SMILES string of the molecule is NCC1(C(=O)NCC2(c3ccc(Cl)cc3)CCC2)CCOCC1. The molecule has 1 saturated heterocycles. The average molecular weight is 337 g/mol. The van der Waals surface area contributed by atoms with Crippen LogP contribution in [0.2, 0.25) is 5.02 Å². The first kappa shape index (κ1) is 16.7. The van der Waals surface area contributed by atoms with E-state index in [1.807, 2.05) is 12.1 Å². The maximum absolute atomic E-state index is 12.8. The molecule has 4 nitrogen and oxygen atoms in total. The Morgan fingerprint density at radius 3 is 2.35 bits per heavy atom. The summed E-state index contributed by atoms with van der Waals surface area (Å²) < 4.78 is 5.39. The van der Waals surface area contributed by atoms with Crippen molar-refractivity contribution in [2.45, 2.75) is 37.5 Å². The van der Waals surface area contributed by atoms with Crippen molar-refractivity contribution in [3.05, 3.63) is 34.9 Å². The highest BCUT2D eigenvalue weighted by atomic mass is 35.5. The van der Waals surface area contributed by atoms with Gasteiger partial charge in [-0.2, -0.15) is 0 Å². The molecule has 1 saturated carbocycles. The molecule has 2 fully saturated rings. The Bertz CT molecular complexity index is 549. The molecule has 126 valence electrons. The third-order valence-electron chi connectivity index (χ3n) is 5.68. The second-order valence-corrected chi connectivity index (χ2v) is 7.36. The van der Waals surface area contributed by atoms with Crippen LogP contribution in [0.1, 0.15) is 37.7 Å². The number of hydrogen-bond acceptors (Lipinski definition) is 3. The molecule has 1 aromatic carbocycles. The third kappa shape index (κ3) is 3.25. The number of hydrogen-bond donors (Lipinski definition) is 2. The predicted octanol–water partition coefficient (Wildman–Crippen LogP) is 2.63. The van der Waals surface area contributed by atoms with Gasteiger partial charge in [0.15, 0.2) is 0 Å². The van der Waals surface area contributed by atoms with E-state index in [4.69, 9.17) is 22.1 Å². The summed E-state index contributed by atoms with van der Waals surface area (Å²) in [6, 6.07) is 8.03. The maximum atomic E-state index is 12.8. The first-order chi connectivity index (χ1) is 11.1. The molecule has 0 aromatic heterocycles. The molecule has 0 unspecified atom stereocenters. The van der Waals surface area contributed by atoms with Crippen LogP contribution in [0.4, 0.5) is 0 Å². The zero-order valence-corrected chi connectivity index (χ0v) is 14.2. The highest BCUT2D eigenvalue weighted by molar-refractivity contribution is 6.30. The molecular weight excluding hydrogens is 312 g/mol. The molecule has 0 radical (unpaired) electrons. The van der Waals surface area contributed by atoms with Crippen LogP contribution in [0.3, 0.4) is 0 Å². The maximum Gasteiger partial charge on any atom is 0.227 e. The summed E-state index contributed by atoms with van der Waals surface area (Å²) >= 11 is 5.99. The summed E-state index contributed by atoms with van der Waals surface area (Å²) in [7, 11) is 0. The summed E-state index contributed by atoms with van der Waals surface area (Å²) in [6.45, 7) is 2.30. The number of carbonyl (C=O) groups is 1. The molecule has 1 amide bonds. The second kappa shape index (κ2) is 6.80. The fraction of sp³-hybridized carbons (Fsp3) is 0.611. The van der Waals surface area contributed by atoms with Crippen LogP contribution in [0.25, 0.3) is 0 Å². The quantitative estimate of drug-likeness (QED) is 0.868. The smallest absolute Gasteiger partial charge is 0.227 e. The Hall–Kier alpha value is -1.10. The number of nitrogens with two attached hydrogens (primary N) is 1. The van der Waals surface area contributed by atoms with E-state index in [1.54, 1.807) is 0 Å². The summed E-state index contributed by atoms with van der Waals surface area (Å²) in [5.74, 6) is 0.0866. The molecule has 0 spiro atoms. The van der Waals surface area contributed by atoms with E-state index in [1.165, 1.54) is 12.0 Å². The lowest BCUT2D eigenvalue weighted by molar-refractivity contribution is -0.136. The number of nitrogens with one attached hydrogen (secondary N) is 1. The van der Waals surface area contributed by atoms with E-state index in [0.29, 0.717) is 39.1 Å². The van der Waals surface area contributed by atoms with Gasteiger partial charge in [0.25, 0.3) is 0 Å². The van der Waals surface area contributed by atoms with Gasteiger partial charge in [-0.3, -0.25) is 4.79 Å². The van der Waals surface area contributed by atoms with Gasteiger partial charge in [-0.1, -0.05) is 30.2 Å². The van der Waals surface area contributed by atoms with Crippen molar-refractivity contribution in [1.82, 2.24) is 5.32 Å². The number of halogens is 1. The van der Waals surface area contributed by atoms with Crippen LogP contribution < -0.4 is 11.1 Å². The van der Waals surface area contributed by atoms with Crippen molar-refractivity contribution in [2.24, 2.45) is 11.1 Å². The average Bonchev–Trinajstić information content (AvgIpc) is 2.55. The van der Waals surface area contributed by atoms with Crippen LogP contribution in [0.15, 0.2) is 24.3 Å². The van der Waals surface area contributed by atoms with Gasteiger partial charge in [0, 0.05) is 36.7 Å². The monoisotopic (exact) mass is 336 g/mol. The molecule has 1 aromatic rings. The van der Waals surface area contributed by atoms with Gasteiger partial charge in [-0.05, 0) is 43.4 Å². The fourth-order valence-electron chi connectivity index (χ4n) is 3.70. The Labute approximate surface area is 142 Å². The number of amides is 1. The van der Waals surface area contributed by atoms with Crippen molar-refractivity contribution >= 4 is 17.5 Å². The number of benzene rings is 1. The molecule has 1 heterocycles. The molecule has 0 bridgehead atoms. The van der Waals surface area contributed by atoms with Crippen LogP contribution in [0, 0.1) is 5.41 Å².